The SMILES string of the molecule is COc1cc(Cl)c(NC(=O)[C@@H]2CS[C@]3(C)CCC(=O)N23)cc1OC. The molecule has 2 saturated heterocycles. The van der Waals surface area contributed by atoms with Gasteiger partial charge < -0.3 is 19.7 Å². The first-order valence-corrected chi connectivity index (χ1v) is 8.94. The Hall–Kier alpha value is -1.60. The Kier molecular flexibility index (Phi) is 4.57. The van der Waals surface area contributed by atoms with Crippen LogP contribution in [0, 0.1) is 0 Å². The Labute approximate surface area is 149 Å². The highest BCUT2D eigenvalue weighted by atomic mass is 35.5. The van der Waals surface area contributed by atoms with E-state index in [2.05, 4.69) is 5.32 Å². The smallest absolute Gasteiger partial charge is 0.248 e. The van der Waals surface area contributed by atoms with Crippen LogP contribution < -0.4 is 14.8 Å². The molecule has 0 bridgehead atoms. The molecule has 1 aromatic carbocycles. The van der Waals surface area contributed by atoms with Crippen LogP contribution in [0.4, 0.5) is 5.69 Å². The zero-order valence-corrected chi connectivity index (χ0v) is 15.3. The van der Waals surface area contributed by atoms with E-state index in [9.17, 15) is 9.59 Å². The molecule has 24 heavy (non-hydrogen) atoms. The molecule has 1 N–H and O–H groups in total. The zero-order chi connectivity index (χ0) is 17.5. The molecule has 2 heterocycles. The summed E-state index contributed by atoms with van der Waals surface area (Å²) >= 11 is 7.87. The molecule has 0 aliphatic carbocycles. The number of fused-ring (bicyclic) bond motifs is 1. The van der Waals surface area contributed by atoms with E-state index in [1.54, 1.807) is 28.8 Å². The molecular weight excluding hydrogens is 352 g/mol. The van der Waals surface area contributed by atoms with Crippen LogP contribution in [-0.2, 0) is 9.59 Å². The number of methoxy groups -OCH3 is 2. The van der Waals surface area contributed by atoms with Crippen molar-refractivity contribution >= 4 is 40.9 Å². The molecule has 2 atom stereocenters. The van der Waals surface area contributed by atoms with Crippen LogP contribution >= 0.6 is 23.4 Å². The van der Waals surface area contributed by atoms with Gasteiger partial charge in [0.15, 0.2) is 11.5 Å². The summed E-state index contributed by atoms with van der Waals surface area (Å²) in [4.78, 5) is 26.3. The summed E-state index contributed by atoms with van der Waals surface area (Å²) in [5.74, 6) is 1.33. The standard InChI is InChI=1S/C16H19ClN2O4S/c1-16-5-4-14(20)19(16)11(8-24-16)15(21)18-10-7-13(23-3)12(22-2)6-9(10)17/h6-7,11H,4-5,8H2,1-3H3,(H,18,21)/t11-,16+/m0/s1. The Morgan fingerprint density at radius 3 is 2.71 bits per heavy atom. The highest BCUT2D eigenvalue weighted by molar-refractivity contribution is 8.01. The number of benzene rings is 1. The molecule has 0 aromatic heterocycles. The summed E-state index contributed by atoms with van der Waals surface area (Å²) in [6.45, 7) is 2.01. The maximum absolute atomic E-state index is 12.7. The third kappa shape index (κ3) is 2.80. The van der Waals surface area contributed by atoms with E-state index < -0.39 is 6.04 Å². The number of ether oxygens (including phenoxy) is 2. The molecule has 2 amide bonds. The van der Waals surface area contributed by atoms with Crippen molar-refractivity contribution in [3.05, 3.63) is 17.2 Å². The molecule has 0 saturated carbocycles. The molecule has 0 spiro atoms. The first-order valence-electron chi connectivity index (χ1n) is 7.58. The predicted octanol–water partition coefficient (Wildman–Crippen LogP) is 2.75. The number of hydrogen-bond acceptors (Lipinski definition) is 5. The van der Waals surface area contributed by atoms with E-state index in [0.29, 0.717) is 34.4 Å². The normalized spacial score (nSPS) is 25.6. The number of halogens is 1. The highest BCUT2D eigenvalue weighted by Crippen LogP contribution is 2.47. The third-order valence-electron chi connectivity index (χ3n) is 4.48. The highest BCUT2D eigenvalue weighted by Gasteiger charge is 2.52. The van der Waals surface area contributed by atoms with Gasteiger partial charge in [-0.05, 0) is 13.3 Å². The average Bonchev–Trinajstić information content (AvgIpc) is 3.05. The second kappa shape index (κ2) is 6.37. The molecule has 130 valence electrons. The van der Waals surface area contributed by atoms with Gasteiger partial charge in [0, 0.05) is 24.3 Å². The second-order valence-corrected chi connectivity index (χ2v) is 7.85. The van der Waals surface area contributed by atoms with Crippen molar-refractivity contribution < 1.29 is 19.1 Å². The van der Waals surface area contributed by atoms with Crippen molar-refractivity contribution in [2.75, 3.05) is 25.3 Å². The van der Waals surface area contributed by atoms with Crippen molar-refractivity contribution in [2.24, 2.45) is 0 Å². The molecular formula is C16H19ClN2O4S. The largest absolute Gasteiger partial charge is 0.493 e. The zero-order valence-electron chi connectivity index (χ0n) is 13.7. The fourth-order valence-electron chi connectivity index (χ4n) is 3.18. The van der Waals surface area contributed by atoms with Crippen LogP contribution in [0.5, 0.6) is 11.5 Å². The van der Waals surface area contributed by atoms with Gasteiger partial charge in [-0.15, -0.1) is 11.8 Å². The van der Waals surface area contributed by atoms with E-state index in [1.807, 2.05) is 6.92 Å². The summed E-state index contributed by atoms with van der Waals surface area (Å²) in [5.41, 5.74) is 0.435. The van der Waals surface area contributed by atoms with E-state index in [1.165, 1.54) is 14.2 Å². The number of rotatable bonds is 4. The fourth-order valence-corrected chi connectivity index (χ4v) is 4.81. The van der Waals surface area contributed by atoms with Crippen LogP contribution in [0.25, 0.3) is 0 Å². The Morgan fingerprint density at radius 1 is 1.38 bits per heavy atom. The van der Waals surface area contributed by atoms with Gasteiger partial charge in [-0.3, -0.25) is 9.59 Å². The lowest BCUT2D eigenvalue weighted by Crippen LogP contribution is -2.48. The number of hydrogen-bond donors (Lipinski definition) is 1. The van der Waals surface area contributed by atoms with Gasteiger partial charge in [-0.25, -0.2) is 0 Å². The number of carbonyl (C=O) groups is 2. The topological polar surface area (TPSA) is 67.9 Å². The van der Waals surface area contributed by atoms with Crippen LogP contribution in [0.3, 0.4) is 0 Å². The molecule has 2 aliphatic heterocycles. The number of anilines is 1. The number of nitrogens with one attached hydrogen (secondary N) is 1. The second-order valence-electron chi connectivity index (χ2n) is 5.94. The molecule has 3 rings (SSSR count). The quantitative estimate of drug-likeness (QED) is 0.882. The van der Waals surface area contributed by atoms with Gasteiger partial charge in [0.05, 0.1) is 29.8 Å². The average molecular weight is 371 g/mol. The summed E-state index contributed by atoms with van der Waals surface area (Å²) in [5, 5.41) is 3.16. The Balaban J connectivity index is 1.82. The van der Waals surface area contributed by atoms with Crippen LogP contribution in [0.1, 0.15) is 19.8 Å². The lowest BCUT2D eigenvalue weighted by Gasteiger charge is -2.30. The number of nitrogens with zero attached hydrogens (tertiary/aromatic N) is 1. The van der Waals surface area contributed by atoms with Gasteiger partial charge in [-0.1, -0.05) is 11.6 Å². The van der Waals surface area contributed by atoms with Crippen molar-refractivity contribution in [1.82, 2.24) is 4.90 Å². The molecule has 2 aliphatic rings. The third-order valence-corrected chi connectivity index (χ3v) is 6.30. The number of carbonyl (C=O) groups excluding carboxylic acids is 2. The van der Waals surface area contributed by atoms with Gasteiger partial charge in [-0.2, -0.15) is 0 Å². The molecule has 6 nitrogen and oxygen atoms in total. The monoisotopic (exact) mass is 370 g/mol. The lowest BCUT2D eigenvalue weighted by molar-refractivity contribution is -0.135. The van der Waals surface area contributed by atoms with Crippen LogP contribution in [0.15, 0.2) is 12.1 Å². The van der Waals surface area contributed by atoms with Gasteiger partial charge >= 0.3 is 0 Å². The van der Waals surface area contributed by atoms with Gasteiger partial charge in [0.1, 0.15) is 6.04 Å². The predicted molar refractivity (Wildman–Crippen MR) is 93.9 cm³/mol. The Bertz CT molecular complexity index is 699. The number of amides is 2. The first-order chi connectivity index (χ1) is 11.4. The van der Waals surface area contributed by atoms with Gasteiger partial charge in [0.2, 0.25) is 11.8 Å². The van der Waals surface area contributed by atoms with E-state index in [4.69, 9.17) is 21.1 Å². The molecule has 2 fully saturated rings. The minimum absolute atomic E-state index is 0.0288. The minimum Gasteiger partial charge on any atom is -0.493 e. The Morgan fingerprint density at radius 2 is 2.04 bits per heavy atom. The molecule has 0 radical (unpaired) electrons. The summed E-state index contributed by atoms with van der Waals surface area (Å²) in [6.07, 6.45) is 1.27. The van der Waals surface area contributed by atoms with Gasteiger partial charge in [0.25, 0.3) is 0 Å². The van der Waals surface area contributed by atoms with Crippen molar-refractivity contribution in [1.29, 1.82) is 0 Å². The minimum atomic E-state index is -0.487. The maximum atomic E-state index is 12.7. The fraction of sp³-hybridized carbons (Fsp3) is 0.500. The molecule has 1 aromatic rings. The van der Waals surface area contributed by atoms with Crippen molar-refractivity contribution in [3.63, 3.8) is 0 Å². The lowest BCUT2D eigenvalue weighted by atomic mass is 10.2. The summed E-state index contributed by atoms with van der Waals surface area (Å²) in [7, 11) is 3.03. The maximum Gasteiger partial charge on any atom is 0.248 e. The number of thioether (sulfide) groups is 1. The summed E-state index contributed by atoms with van der Waals surface area (Å²) < 4.78 is 10.4. The first kappa shape index (κ1) is 17.2. The van der Waals surface area contributed by atoms with E-state index in [-0.39, 0.29) is 16.7 Å². The van der Waals surface area contributed by atoms with E-state index >= 15 is 0 Å². The van der Waals surface area contributed by atoms with E-state index in [0.717, 1.165) is 6.42 Å². The van der Waals surface area contributed by atoms with Crippen molar-refractivity contribution in [3.8, 4) is 11.5 Å². The van der Waals surface area contributed by atoms with Crippen molar-refractivity contribution in [2.45, 2.75) is 30.7 Å². The molecule has 8 heteroatoms. The summed E-state index contributed by atoms with van der Waals surface area (Å²) in [6, 6.07) is 2.72. The van der Waals surface area contributed by atoms with Crippen LogP contribution in [-0.4, -0.2) is 47.6 Å². The molecule has 0 unspecified atom stereocenters. The van der Waals surface area contributed by atoms with Crippen LogP contribution in [0.2, 0.25) is 5.02 Å².